The van der Waals surface area contributed by atoms with Crippen LogP contribution in [0.4, 0.5) is 5.69 Å². The standard InChI is InChI=1S/C13H15N3O/c14-9-10-2-1-3-12(8-10)15-6-7-16-13(17)11-4-5-11/h1-3,8,11,15H,4-7H2,(H,16,17). The number of amides is 1. The number of hydrogen-bond donors (Lipinski definition) is 2. The van der Waals surface area contributed by atoms with Gasteiger partial charge in [-0.05, 0) is 31.0 Å². The molecule has 88 valence electrons. The van der Waals surface area contributed by atoms with Crippen LogP contribution in [-0.2, 0) is 4.79 Å². The average Bonchev–Trinajstić information content (AvgIpc) is 3.19. The van der Waals surface area contributed by atoms with Gasteiger partial charge in [0.2, 0.25) is 5.91 Å². The summed E-state index contributed by atoms with van der Waals surface area (Å²) >= 11 is 0. The summed E-state index contributed by atoms with van der Waals surface area (Å²) in [6, 6.07) is 9.39. The van der Waals surface area contributed by atoms with Gasteiger partial charge in [-0.25, -0.2) is 0 Å². The summed E-state index contributed by atoms with van der Waals surface area (Å²) in [7, 11) is 0. The van der Waals surface area contributed by atoms with Gasteiger partial charge in [-0.1, -0.05) is 6.07 Å². The summed E-state index contributed by atoms with van der Waals surface area (Å²) in [5, 5.41) is 14.8. The summed E-state index contributed by atoms with van der Waals surface area (Å²) in [4.78, 5) is 11.3. The van der Waals surface area contributed by atoms with Crippen molar-refractivity contribution in [2.75, 3.05) is 18.4 Å². The van der Waals surface area contributed by atoms with Crippen molar-refractivity contribution in [2.24, 2.45) is 5.92 Å². The highest BCUT2D eigenvalue weighted by molar-refractivity contribution is 5.80. The zero-order chi connectivity index (χ0) is 12.1. The molecule has 0 saturated heterocycles. The number of nitrogens with one attached hydrogen (secondary N) is 2. The second-order valence-electron chi connectivity index (χ2n) is 4.18. The van der Waals surface area contributed by atoms with Gasteiger partial charge in [0.1, 0.15) is 0 Å². The number of benzene rings is 1. The molecule has 2 rings (SSSR count). The van der Waals surface area contributed by atoms with E-state index in [-0.39, 0.29) is 11.8 Å². The third-order valence-corrected chi connectivity index (χ3v) is 2.69. The Balaban J connectivity index is 1.70. The molecule has 17 heavy (non-hydrogen) atoms. The second kappa shape index (κ2) is 5.35. The number of rotatable bonds is 5. The van der Waals surface area contributed by atoms with E-state index in [1.807, 2.05) is 12.1 Å². The van der Waals surface area contributed by atoms with Gasteiger partial charge in [0.25, 0.3) is 0 Å². The highest BCUT2D eigenvalue weighted by atomic mass is 16.2. The molecule has 1 aromatic rings. The number of carbonyl (C=O) groups excluding carboxylic acids is 1. The lowest BCUT2D eigenvalue weighted by Gasteiger charge is -2.07. The van der Waals surface area contributed by atoms with Crippen LogP contribution < -0.4 is 10.6 Å². The first-order valence-corrected chi connectivity index (χ1v) is 5.81. The monoisotopic (exact) mass is 229 g/mol. The Morgan fingerprint density at radius 3 is 2.94 bits per heavy atom. The van der Waals surface area contributed by atoms with Crippen LogP contribution in [0.3, 0.4) is 0 Å². The fraction of sp³-hybridized carbons (Fsp3) is 0.385. The van der Waals surface area contributed by atoms with Gasteiger partial charge in [0.15, 0.2) is 0 Å². The van der Waals surface area contributed by atoms with E-state index in [4.69, 9.17) is 5.26 Å². The van der Waals surface area contributed by atoms with Gasteiger partial charge in [-0.2, -0.15) is 5.26 Å². The molecule has 2 N–H and O–H groups in total. The normalized spacial score (nSPS) is 13.8. The number of anilines is 1. The zero-order valence-corrected chi connectivity index (χ0v) is 9.57. The molecule has 1 aliphatic rings. The SMILES string of the molecule is N#Cc1cccc(NCCNC(=O)C2CC2)c1. The molecule has 1 aromatic carbocycles. The van der Waals surface area contributed by atoms with Gasteiger partial charge < -0.3 is 10.6 Å². The molecule has 1 amide bonds. The lowest BCUT2D eigenvalue weighted by atomic mass is 10.2. The molecule has 0 bridgehead atoms. The topological polar surface area (TPSA) is 64.9 Å². The molecule has 4 nitrogen and oxygen atoms in total. The maximum atomic E-state index is 11.3. The highest BCUT2D eigenvalue weighted by Crippen LogP contribution is 2.28. The van der Waals surface area contributed by atoms with E-state index < -0.39 is 0 Å². The highest BCUT2D eigenvalue weighted by Gasteiger charge is 2.28. The van der Waals surface area contributed by atoms with Crippen LogP contribution in [0.25, 0.3) is 0 Å². The Morgan fingerprint density at radius 1 is 1.41 bits per heavy atom. The Morgan fingerprint density at radius 2 is 2.24 bits per heavy atom. The molecule has 1 fully saturated rings. The van der Waals surface area contributed by atoms with Crippen molar-refractivity contribution in [1.29, 1.82) is 5.26 Å². The average molecular weight is 229 g/mol. The molecular weight excluding hydrogens is 214 g/mol. The molecule has 1 aliphatic carbocycles. The molecule has 0 spiro atoms. The van der Waals surface area contributed by atoms with Gasteiger partial charge in [0, 0.05) is 24.7 Å². The fourth-order valence-electron chi connectivity index (χ4n) is 1.58. The predicted molar refractivity (Wildman–Crippen MR) is 65.4 cm³/mol. The Hall–Kier alpha value is -2.02. The van der Waals surface area contributed by atoms with Gasteiger partial charge in [-0.15, -0.1) is 0 Å². The first-order chi connectivity index (χ1) is 8.29. The second-order valence-corrected chi connectivity index (χ2v) is 4.18. The fourth-order valence-corrected chi connectivity index (χ4v) is 1.58. The van der Waals surface area contributed by atoms with E-state index in [1.165, 1.54) is 0 Å². The molecule has 0 aliphatic heterocycles. The van der Waals surface area contributed by atoms with E-state index in [9.17, 15) is 4.79 Å². The van der Waals surface area contributed by atoms with E-state index >= 15 is 0 Å². The molecule has 0 aromatic heterocycles. The van der Waals surface area contributed by atoms with Crippen LogP contribution in [0.15, 0.2) is 24.3 Å². The molecular formula is C13H15N3O. The van der Waals surface area contributed by atoms with Gasteiger partial charge in [-0.3, -0.25) is 4.79 Å². The van der Waals surface area contributed by atoms with Crippen molar-refractivity contribution in [3.05, 3.63) is 29.8 Å². The van der Waals surface area contributed by atoms with Crippen LogP contribution in [0.1, 0.15) is 18.4 Å². The zero-order valence-electron chi connectivity index (χ0n) is 9.57. The Bertz CT molecular complexity index is 446. The maximum absolute atomic E-state index is 11.3. The number of hydrogen-bond acceptors (Lipinski definition) is 3. The minimum Gasteiger partial charge on any atom is -0.383 e. The first-order valence-electron chi connectivity index (χ1n) is 5.81. The van der Waals surface area contributed by atoms with Crippen molar-refractivity contribution in [2.45, 2.75) is 12.8 Å². The largest absolute Gasteiger partial charge is 0.383 e. The summed E-state index contributed by atoms with van der Waals surface area (Å²) in [5.41, 5.74) is 1.54. The van der Waals surface area contributed by atoms with Crippen molar-refractivity contribution in [1.82, 2.24) is 5.32 Å². The van der Waals surface area contributed by atoms with Gasteiger partial charge in [0.05, 0.1) is 11.6 Å². The number of nitrogens with zero attached hydrogens (tertiary/aromatic N) is 1. The van der Waals surface area contributed by atoms with Crippen molar-refractivity contribution in [3.63, 3.8) is 0 Å². The van der Waals surface area contributed by atoms with E-state index in [0.29, 0.717) is 18.7 Å². The summed E-state index contributed by atoms with van der Waals surface area (Å²) in [5.74, 6) is 0.425. The Kier molecular flexibility index (Phi) is 3.61. The summed E-state index contributed by atoms with van der Waals surface area (Å²) in [6.07, 6.45) is 2.06. The van der Waals surface area contributed by atoms with E-state index in [0.717, 1.165) is 18.5 Å². The first kappa shape index (κ1) is 11.5. The molecule has 0 atom stereocenters. The molecule has 4 heteroatoms. The van der Waals surface area contributed by atoms with E-state index in [1.54, 1.807) is 12.1 Å². The molecule has 0 radical (unpaired) electrons. The van der Waals surface area contributed by atoms with Crippen LogP contribution in [0.2, 0.25) is 0 Å². The van der Waals surface area contributed by atoms with Crippen LogP contribution >= 0.6 is 0 Å². The third-order valence-electron chi connectivity index (χ3n) is 2.69. The Labute approximate surface area is 101 Å². The minimum atomic E-state index is 0.164. The van der Waals surface area contributed by atoms with Crippen molar-refractivity contribution < 1.29 is 4.79 Å². The molecule has 1 saturated carbocycles. The lowest BCUT2D eigenvalue weighted by molar-refractivity contribution is -0.122. The van der Waals surface area contributed by atoms with Crippen LogP contribution in [0, 0.1) is 17.2 Å². The van der Waals surface area contributed by atoms with E-state index in [2.05, 4.69) is 16.7 Å². The number of carbonyl (C=O) groups is 1. The molecule has 0 unspecified atom stereocenters. The van der Waals surface area contributed by atoms with Crippen LogP contribution in [-0.4, -0.2) is 19.0 Å². The van der Waals surface area contributed by atoms with Crippen molar-refractivity contribution >= 4 is 11.6 Å². The molecule has 0 heterocycles. The van der Waals surface area contributed by atoms with Crippen molar-refractivity contribution in [3.8, 4) is 6.07 Å². The third kappa shape index (κ3) is 3.49. The number of nitriles is 1. The predicted octanol–water partition coefficient (Wildman–Crippen LogP) is 1.50. The summed E-state index contributed by atoms with van der Waals surface area (Å²) < 4.78 is 0. The lowest BCUT2D eigenvalue weighted by Crippen LogP contribution is -2.29. The minimum absolute atomic E-state index is 0.164. The summed E-state index contributed by atoms with van der Waals surface area (Å²) in [6.45, 7) is 1.29. The maximum Gasteiger partial charge on any atom is 0.223 e. The van der Waals surface area contributed by atoms with Gasteiger partial charge >= 0.3 is 0 Å². The smallest absolute Gasteiger partial charge is 0.223 e. The van der Waals surface area contributed by atoms with Crippen LogP contribution in [0.5, 0.6) is 0 Å². The quantitative estimate of drug-likeness (QED) is 0.752.